The highest BCUT2D eigenvalue weighted by atomic mass is 14.9. The van der Waals surface area contributed by atoms with Gasteiger partial charge in [0.05, 0.1) is 0 Å². The third kappa shape index (κ3) is 3.14. The Hall–Kier alpha value is -1.67. The zero-order valence-electron chi connectivity index (χ0n) is 10.4. The molecule has 1 atom stereocenters. The molecule has 2 aromatic rings. The van der Waals surface area contributed by atoms with Crippen molar-refractivity contribution in [1.29, 1.82) is 0 Å². The molecular formula is C15H18N2. The number of rotatable bonds is 4. The van der Waals surface area contributed by atoms with E-state index in [1.54, 1.807) is 0 Å². The van der Waals surface area contributed by atoms with E-state index in [2.05, 4.69) is 48.4 Å². The number of aromatic nitrogens is 1. The highest BCUT2D eigenvalue weighted by Gasteiger charge is 2.06. The van der Waals surface area contributed by atoms with E-state index >= 15 is 0 Å². The molecule has 1 heterocycles. The van der Waals surface area contributed by atoms with Crippen LogP contribution >= 0.6 is 0 Å². The van der Waals surface area contributed by atoms with Gasteiger partial charge in [-0.25, -0.2) is 0 Å². The van der Waals surface area contributed by atoms with Crippen molar-refractivity contribution in [2.24, 2.45) is 0 Å². The molecule has 2 rings (SSSR count). The second kappa shape index (κ2) is 5.60. The predicted octanol–water partition coefficient (Wildman–Crippen LogP) is 3.24. The van der Waals surface area contributed by atoms with Crippen LogP contribution in [0.1, 0.15) is 29.7 Å². The molecule has 0 amide bonds. The first-order chi connectivity index (χ1) is 8.27. The zero-order chi connectivity index (χ0) is 12.1. The van der Waals surface area contributed by atoms with E-state index in [0.29, 0.717) is 6.04 Å². The van der Waals surface area contributed by atoms with E-state index in [-0.39, 0.29) is 0 Å². The fourth-order valence-electron chi connectivity index (χ4n) is 1.95. The Balaban J connectivity index is 1.99. The monoisotopic (exact) mass is 226 g/mol. The first-order valence-electron chi connectivity index (χ1n) is 5.95. The van der Waals surface area contributed by atoms with Gasteiger partial charge < -0.3 is 5.32 Å². The van der Waals surface area contributed by atoms with Crippen molar-refractivity contribution in [3.05, 3.63) is 65.5 Å². The smallest absolute Gasteiger partial charge is 0.0297 e. The van der Waals surface area contributed by atoms with Crippen molar-refractivity contribution in [1.82, 2.24) is 10.3 Å². The van der Waals surface area contributed by atoms with E-state index in [0.717, 1.165) is 6.54 Å². The topological polar surface area (TPSA) is 24.9 Å². The Morgan fingerprint density at radius 2 is 1.82 bits per heavy atom. The standard InChI is InChI=1S/C15H18N2/c1-12-5-3-4-6-15(12)13(2)17-11-14-7-9-16-10-8-14/h3-10,13,17H,11H2,1-2H3. The number of benzene rings is 1. The van der Waals surface area contributed by atoms with Crippen LogP contribution in [0.15, 0.2) is 48.8 Å². The number of aryl methyl sites for hydroxylation is 1. The van der Waals surface area contributed by atoms with Crippen molar-refractivity contribution in [3.63, 3.8) is 0 Å². The van der Waals surface area contributed by atoms with Gasteiger partial charge in [0.1, 0.15) is 0 Å². The molecule has 0 radical (unpaired) electrons. The molecule has 1 unspecified atom stereocenters. The van der Waals surface area contributed by atoms with Gasteiger partial charge in [-0.1, -0.05) is 24.3 Å². The van der Waals surface area contributed by atoms with E-state index < -0.39 is 0 Å². The summed E-state index contributed by atoms with van der Waals surface area (Å²) < 4.78 is 0. The maximum Gasteiger partial charge on any atom is 0.0297 e. The lowest BCUT2D eigenvalue weighted by Gasteiger charge is -2.16. The summed E-state index contributed by atoms with van der Waals surface area (Å²) in [5, 5.41) is 3.53. The number of nitrogens with zero attached hydrogens (tertiary/aromatic N) is 1. The molecule has 0 saturated carbocycles. The SMILES string of the molecule is Cc1ccccc1C(C)NCc1ccncc1. The van der Waals surface area contributed by atoms with Crippen LogP contribution in [0.3, 0.4) is 0 Å². The molecule has 0 bridgehead atoms. The Kier molecular flexibility index (Phi) is 3.89. The van der Waals surface area contributed by atoms with Crippen molar-refractivity contribution in [2.75, 3.05) is 0 Å². The highest BCUT2D eigenvalue weighted by molar-refractivity contribution is 5.28. The molecule has 0 saturated heterocycles. The summed E-state index contributed by atoms with van der Waals surface area (Å²) in [7, 11) is 0. The highest BCUT2D eigenvalue weighted by Crippen LogP contribution is 2.16. The van der Waals surface area contributed by atoms with Crippen LogP contribution in [0.5, 0.6) is 0 Å². The van der Waals surface area contributed by atoms with Gasteiger partial charge in [-0.15, -0.1) is 0 Å². The lowest BCUT2D eigenvalue weighted by molar-refractivity contribution is 0.572. The van der Waals surface area contributed by atoms with Gasteiger partial charge in [-0.2, -0.15) is 0 Å². The quantitative estimate of drug-likeness (QED) is 0.865. The van der Waals surface area contributed by atoms with Gasteiger partial charge in [0.25, 0.3) is 0 Å². The van der Waals surface area contributed by atoms with Crippen LogP contribution in [0.2, 0.25) is 0 Å². The van der Waals surface area contributed by atoms with Gasteiger partial charge in [-0.05, 0) is 42.7 Å². The molecule has 2 nitrogen and oxygen atoms in total. The number of pyridine rings is 1. The summed E-state index contributed by atoms with van der Waals surface area (Å²) in [6, 6.07) is 12.9. The third-order valence-electron chi connectivity index (χ3n) is 3.02. The maximum absolute atomic E-state index is 4.02. The van der Waals surface area contributed by atoms with Gasteiger partial charge in [0, 0.05) is 25.0 Å². The van der Waals surface area contributed by atoms with E-state index in [4.69, 9.17) is 0 Å². The molecule has 1 N–H and O–H groups in total. The molecule has 1 aromatic heterocycles. The predicted molar refractivity (Wildman–Crippen MR) is 70.7 cm³/mol. The van der Waals surface area contributed by atoms with Crippen LogP contribution in [-0.2, 0) is 6.54 Å². The fraction of sp³-hybridized carbons (Fsp3) is 0.267. The van der Waals surface area contributed by atoms with Crippen molar-refractivity contribution >= 4 is 0 Å². The van der Waals surface area contributed by atoms with Crippen molar-refractivity contribution in [3.8, 4) is 0 Å². The molecular weight excluding hydrogens is 208 g/mol. The van der Waals surface area contributed by atoms with Crippen LogP contribution < -0.4 is 5.32 Å². The minimum Gasteiger partial charge on any atom is -0.306 e. The summed E-state index contributed by atoms with van der Waals surface area (Å²) in [4.78, 5) is 4.02. The molecule has 0 aliphatic carbocycles. The summed E-state index contributed by atoms with van der Waals surface area (Å²) in [5.74, 6) is 0. The van der Waals surface area contributed by atoms with Crippen LogP contribution in [0, 0.1) is 6.92 Å². The van der Waals surface area contributed by atoms with Gasteiger partial charge in [0.15, 0.2) is 0 Å². The molecule has 0 fully saturated rings. The Labute approximate surface area is 103 Å². The molecule has 17 heavy (non-hydrogen) atoms. The Bertz CT molecular complexity index is 465. The third-order valence-corrected chi connectivity index (χ3v) is 3.02. The Morgan fingerprint density at radius 3 is 2.53 bits per heavy atom. The lowest BCUT2D eigenvalue weighted by Crippen LogP contribution is -2.18. The maximum atomic E-state index is 4.02. The normalized spacial score (nSPS) is 12.4. The summed E-state index contributed by atoms with van der Waals surface area (Å²) >= 11 is 0. The summed E-state index contributed by atoms with van der Waals surface area (Å²) in [6.07, 6.45) is 3.66. The Morgan fingerprint density at radius 1 is 1.12 bits per heavy atom. The van der Waals surface area contributed by atoms with Gasteiger partial charge in [-0.3, -0.25) is 4.98 Å². The van der Waals surface area contributed by atoms with E-state index in [9.17, 15) is 0 Å². The second-order valence-electron chi connectivity index (χ2n) is 4.31. The molecule has 2 heteroatoms. The minimum atomic E-state index is 0.365. The fourth-order valence-corrected chi connectivity index (χ4v) is 1.95. The van der Waals surface area contributed by atoms with Gasteiger partial charge in [0.2, 0.25) is 0 Å². The van der Waals surface area contributed by atoms with Crippen LogP contribution in [0.4, 0.5) is 0 Å². The largest absolute Gasteiger partial charge is 0.306 e. The summed E-state index contributed by atoms with van der Waals surface area (Å²) in [5.41, 5.74) is 3.96. The van der Waals surface area contributed by atoms with Crippen LogP contribution in [0.25, 0.3) is 0 Å². The van der Waals surface area contributed by atoms with Crippen molar-refractivity contribution in [2.45, 2.75) is 26.4 Å². The number of hydrogen-bond donors (Lipinski definition) is 1. The minimum absolute atomic E-state index is 0.365. The second-order valence-corrected chi connectivity index (χ2v) is 4.31. The molecule has 1 aromatic carbocycles. The molecule has 0 aliphatic heterocycles. The average Bonchev–Trinajstić information content (AvgIpc) is 2.38. The first-order valence-corrected chi connectivity index (χ1v) is 5.95. The average molecular weight is 226 g/mol. The summed E-state index contributed by atoms with van der Waals surface area (Å²) in [6.45, 7) is 5.22. The number of hydrogen-bond acceptors (Lipinski definition) is 2. The number of nitrogens with one attached hydrogen (secondary N) is 1. The lowest BCUT2D eigenvalue weighted by atomic mass is 10.0. The first kappa shape index (κ1) is 11.8. The molecule has 0 aliphatic rings. The van der Waals surface area contributed by atoms with E-state index in [1.807, 2.05) is 24.5 Å². The van der Waals surface area contributed by atoms with Crippen LogP contribution in [-0.4, -0.2) is 4.98 Å². The van der Waals surface area contributed by atoms with Gasteiger partial charge >= 0.3 is 0 Å². The molecule has 0 spiro atoms. The van der Waals surface area contributed by atoms with Crippen molar-refractivity contribution < 1.29 is 0 Å². The van der Waals surface area contributed by atoms with E-state index in [1.165, 1.54) is 16.7 Å². The molecule has 88 valence electrons. The zero-order valence-corrected chi connectivity index (χ0v) is 10.4.